The first-order valence-electron chi connectivity index (χ1n) is 8.61. The van der Waals surface area contributed by atoms with Gasteiger partial charge in [0, 0.05) is 22.7 Å². The van der Waals surface area contributed by atoms with Crippen molar-refractivity contribution in [2.45, 2.75) is 4.90 Å². The highest BCUT2D eigenvalue weighted by molar-refractivity contribution is 7.92. The number of ketones is 1. The number of carbonyl (C=O) groups is 1. The number of carbonyl (C=O) groups excluding carboxylic acids is 1. The van der Waals surface area contributed by atoms with Gasteiger partial charge in [-0.2, -0.15) is 0 Å². The number of hydrogen-bond donors (Lipinski definition) is 1. The van der Waals surface area contributed by atoms with E-state index >= 15 is 0 Å². The Kier molecular flexibility index (Phi) is 4.63. The number of anilines is 1. The molecule has 0 aliphatic heterocycles. The second kappa shape index (κ2) is 7.25. The van der Waals surface area contributed by atoms with Crippen LogP contribution in [0.15, 0.2) is 96.0 Å². The van der Waals surface area contributed by atoms with Crippen LogP contribution in [-0.2, 0) is 10.0 Å². The van der Waals surface area contributed by atoms with Crippen molar-refractivity contribution in [3.8, 4) is 0 Å². The molecule has 0 aliphatic carbocycles. The van der Waals surface area contributed by atoms with Gasteiger partial charge < -0.3 is 0 Å². The van der Waals surface area contributed by atoms with Gasteiger partial charge in [-0.25, -0.2) is 8.42 Å². The van der Waals surface area contributed by atoms with Gasteiger partial charge in [-0.05, 0) is 36.4 Å². The molecular weight excluding hydrogens is 372 g/mol. The van der Waals surface area contributed by atoms with Crippen LogP contribution in [0, 0.1) is 0 Å². The van der Waals surface area contributed by atoms with Crippen LogP contribution in [0.3, 0.4) is 0 Å². The van der Waals surface area contributed by atoms with E-state index < -0.39 is 10.0 Å². The summed E-state index contributed by atoms with van der Waals surface area (Å²) in [4.78, 5) is 17.5. The summed E-state index contributed by atoms with van der Waals surface area (Å²) in [5.41, 5.74) is 1.66. The fraction of sp³-hybridized carbons (Fsp3) is 0. The molecule has 0 fully saturated rings. The molecule has 1 aromatic heterocycles. The van der Waals surface area contributed by atoms with Gasteiger partial charge in [0.2, 0.25) is 0 Å². The molecule has 28 heavy (non-hydrogen) atoms. The molecule has 0 saturated carbocycles. The van der Waals surface area contributed by atoms with Gasteiger partial charge in [0.25, 0.3) is 10.0 Å². The van der Waals surface area contributed by atoms with Crippen molar-refractivity contribution in [3.05, 3.63) is 102 Å². The number of pyridine rings is 1. The van der Waals surface area contributed by atoms with Crippen molar-refractivity contribution in [3.63, 3.8) is 0 Å². The van der Waals surface area contributed by atoms with E-state index in [9.17, 15) is 13.2 Å². The second-order valence-corrected chi connectivity index (χ2v) is 7.89. The summed E-state index contributed by atoms with van der Waals surface area (Å²) >= 11 is 0. The Morgan fingerprint density at radius 3 is 2.39 bits per heavy atom. The highest BCUT2D eigenvalue weighted by Gasteiger charge is 2.19. The molecule has 0 radical (unpaired) electrons. The van der Waals surface area contributed by atoms with Crippen molar-refractivity contribution in [1.82, 2.24) is 4.98 Å². The summed E-state index contributed by atoms with van der Waals surface area (Å²) in [6, 6.07) is 23.6. The summed E-state index contributed by atoms with van der Waals surface area (Å²) < 4.78 is 27.8. The Morgan fingerprint density at radius 1 is 0.821 bits per heavy atom. The summed E-state index contributed by atoms with van der Waals surface area (Å²) in [5, 5.41) is 0.928. The fourth-order valence-corrected chi connectivity index (χ4v) is 4.04. The third kappa shape index (κ3) is 3.50. The Hall–Kier alpha value is -3.51. The highest BCUT2D eigenvalue weighted by atomic mass is 32.2. The van der Waals surface area contributed by atoms with Gasteiger partial charge in [0.05, 0.1) is 16.1 Å². The average Bonchev–Trinajstić information content (AvgIpc) is 2.74. The quantitative estimate of drug-likeness (QED) is 0.518. The van der Waals surface area contributed by atoms with E-state index in [4.69, 9.17) is 0 Å². The molecule has 0 amide bonds. The number of nitrogens with one attached hydrogen (secondary N) is 1. The van der Waals surface area contributed by atoms with Gasteiger partial charge in [-0.1, -0.05) is 48.5 Å². The molecule has 1 heterocycles. The maximum Gasteiger partial charge on any atom is 0.261 e. The summed E-state index contributed by atoms with van der Waals surface area (Å²) in [7, 11) is -3.80. The van der Waals surface area contributed by atoms with E-state index in [0.717, 1.165) is 5.39 Å². The first-order valence-corrected chi connectivity index (χ1v) is 10.1. The van der Waals surface area contributed by atoms with Gasteiger partial charge in [-0.3, -0.25) is 14.5 Å². The van der Waals surface area contributed by atoms with E-state index in [1.54, 1.807) is 60.8 Å². The van der Waals surface area contributed by atoms with Crippen LogP contribution in [-0.4, -0.2) is 19.2 Å². The van der Waals surface area contributed by atoms with E-state index in [-0.39, 0.29) is 21.9 Å². The number of hydrogen-bond acceptors (Lipinski definition) is 4. The molecule has 1 N–H and O–H groups in total. The Balaban J connectivity index is 1.72. The molecule has 0 unspecified atom stereocenters. The zero-order valence-corrected chi connectivity index (χ0v) is 15.6. The van der Waals surface area contributed by atoms with Crippen molar-refractivity contribution >= 4 is 32.4 Å². The fourth-order valence-electron chi connectivity index (χ4n) is 2.94. The smallest absolute Gasteiger partial charge is 0.261 e. The molecule has 3 aromatic carbocycles. The number of para-hydroxylation sites is 1. The average molecular weight is 388 g/mol. The van der Waals surface area contributed by atoms with Crippen LogP contribution in [0.2, 0.25) is 0 Å². The third-order valence-corrected chi connectivity index (χ3v) is 5.72. The lowest BCUT2D eigenvalue weighted by Gasteiger charge is -2.12. The minimum atomic E-state index is -3.80. The van der Waals surface area contributed by atoms with E-state index in [1.807, 2.05) is 18.2 Å². The van der Waals surface area contributed by atoms with Crippen molar-refractivity contribution < 1.29 is 13.2 Å². The highest BCUT2D eigenvalue weighted by Crippen LogP contribution is 2.24. The van der Waals surface area contributed by atoms with Gasteiger partial charge >= 0.3 is 0 Å². The maximum atomic E-state index is 13.1. The number of fused-ring (bicyclic) bond motifs is 1. The lowest BCUT2D eigenvalue weighted by Crippen LogP contribution is -2.15. The maximum absolute atomic E-state index is 13.1. The number of nitrogens with zero attached hydrogens (tertiary/aromatic N) is 1. The molecule has 4 rings (SSSR count). The van der Waals surface area contributed by atoms with Gasteiger partial charge in [-0.15, -0.1) is 0 Å². The monoisotopic (exact) mass is 388 g/mol. The number of benzene rings is 3. The standard InChI is InChI=1S/C22H16N2O3S/c25-22(17-13-12-16-7-6-14-23-21(16)15-17)19-10-4-5-11-20(19)24-28(26,27)18-8-2-1-3-9-18/h1-15,24H. The lowest BCUT2D eigenvalue weighted by molar-refractivity contribution is 0.103. The van der Waals surface area contributed by atoms with E-state index in [0.29, 0.717) is 11.1 Å². The normalized spacial score (nSPS) is 11.3. The van der Waals surface area contributed by atoms with Crippen LogP contribution in [0.4, 0.5) is 5.69 Å². The molecule has 5 nitrogen and oxygen atoms in total. The number of sulfonamides is 1. The Bertz CT molecular complexity index is 1270. The number of aromatic nitrogens is 1. The van der Waals surface area contributed by atoms with Crippen LogP contribution in [0.5, 0.6) is 0 Å². The molecule has 0 spiro atoms. The third-order valence-electron chi connectivity index (χ3n) is 4.34. The molecule has 0 bridgehead atoms. The van der Waals surface area contributed by atoms with Gasteiger partial charge in [0.15, 0.2) is 5.78 Å². The summed E-state index contributed by atoms with van der Waals surface area (Å²) in [6.07, 6.45) is 1.67. The largest absolute Gasteiger partial charge is 0.289 e. The predicted octanol–water partition coefficient (Wildman–Crippen LogP) is 4.27. The summed E-state index contributed by atoms with van der Waals surface area (Å²) in [6.45, 7) is 0. The molecule has 138 valence electrons. The van der Waals surface area contributed by atoms with Crippen LogP contribution in [0.1, 0.15) is 15.9 Å². The first-order chi connectivity index (χ1) is 13.5. The SMILES string of the molecule is O=C(c1ccc2cccnc2c1)c1ccccc1NS(=O)(=O)c1ccccc1. The van der Waals surface area contributed by atoms with Crippen LogP contribution >= 0.6 is 0 Å². The minimum absolute atomic E-state index is 0.132. The second-order valence-electron chi connectivity index (χ2n) is 6.20. The Labute approximate surface area is 162 Å². The number of rotatable bonds is 5. The molecular formula is C22H16N2O3S. The van der Waals surface area contributed by atoms with Crippen molar-refractivity contribution in [2.24, 2.45) is 0 Å². The zero-order valence-electron chi connectivity index (χ0n) is 14.7. The van der Waals surface area contributed by atoms with Crippen molar-refractivity contribution in [1.29, 1.82) is 0 Å². The summed E-state index contributed by atoms with van der Waals surface area (Å²) in [5.74, 6) is -0.279. The molecule has 0 aliphatic rings. The topological polar surface area (TPSA) is 76.1 Å². The molecule has 0 saturated heterocycles. The van der Waals surface area contributed by atoms with Crippen molar-refractivity contribution in [2.75, 3.05) is 4.72 Å². The zero-order chi connectivity index (χ0) is 19.6. The van der Waals surface area contributed by atoms with E-state index in [2.05, 4.69) is 9.71 Å². The van der Waals surface area contributed by atoms with E-state index in [1.165, 1.54) is 12.1 Å². The molecule has 4 aromatic rings. The van der Waals surface area contributed by atoms with Crippen LogP contribution in [0.25, 0.3) is 10.9 Å². The Morgan fingerprint density at radius 2 is 1.57 bits per heavy atom. The predicted molar refractivity (Wildman–Crippen MR) is 109 cm³/mol. The van der Waals surface area contributed by atoms with Crippen LogP contribution < -0.4 is 4.72 Å². The first kappa shape index (κ1) is 17.9. The minimum Gasteiger partial charge on any atom is -0.289 e. The molecule has 6 heteroatoms. The lowest BCUT2D eigenvalue weighted by atomic mass is 10.0. The molecule has 0 atom stereocenters. The van der Waals surface area contributed by atoms with Gasteiger partial charge in [0.1, 0.15) is 0 Å².